The molecule has 82 valence electrons. The van der Waals surface area contributed by atoms with E-state index >= 15 is 0 Å². The Bertz CT molecular complexity index is 632. The Labute approximate surface area is 92.1 Å². The van der Waals surface area contributed by atoms with Crippen molar-refractivity contribution in [1.82, 2.24) is 9.13 Å². The van der Waals surface area contributed by atoms with Crippen LogP contribution < -0.4 is 5.69 Å². The van der Waals surface area contributed by atoms with Crippen molar-refractivity contribution in [2.75, 3.05) is 0 Å². The number of aryl methyl sites for hydroxylation is 1. The first kappa shape index (κ1) is 9.39. The lowest BCUT2D eigenvalue weighted by molar-refractivity contribution is 0.112. The molecule has 0 radical (unpaired) electrons. The summed E-state index contributed by atoms with van der Waals surface area (Å²) in [6.45, 7) is 0. The summed E-state index contributed by atoms with van der Waals surface area (Å²) < 4.78 is 3.37. The predicted molar refractivity (Wildman–Crippen MR) is 60.8 cm³/mol. The van der Waals surface area contributed by atoms with Gasteiger partial charge in [0, 0.05) is 18.7 Å². The molecule has 1 heterocycles. The normalized spacial score (nSPS) is 15.6. The van der Waals surface area contributed by atoms with Crippen molar-refractivity contribution < 1.29 is 4.79 Å². The highest BCUT2D eigenvalue weighted by atomic mass is 16.2. The van der Waals surface area contributed by atoms with Crippen molar-refractivity contribution >= 4 is 17.3 Å². The molecule has 4 heteroatoms. The number of fused-ring (bicyclic) bond motifs is 1. The zero-order valence-electron chi connectivity index (χ0n) is 9.01. The van der Waals surface area contributed by atoms with Gasteiger partial charge in [0.2, 0.25) is 0 Å². The summed E-state index contributed by atoms with van der Waals surface area (Å²) in [4.78, 5) is 23.1. The molecule has 0 amide bonds. The van der Waals surface area contributed by atoms with Gasteiger partial charge in [0.25, 0.3) is 0 Å². The van der Waals surface area contributed by atoms with Crippen LogP contribution in [-0.4, -0.2) is 15.4 Å². The Hall–Kier alpha value is -1.84. The number of carbonyl (C=O) groups excluding carboxylic acids is 1. The standard InChI is InChI=1S/C12H12N2O2/c1-13-10-4-2-3-8(7-15)11(10)14(12(13)16)9-5-6-9/h2-4,7,9H,5-6H2,1H3. The van der Waals surface area contributed by atoms with Gasteiger partial charge in [-0.2, -0.15) is 0 Å². The topological polar surface area (TPSA) is 44.0 Å². The van der Waals surface area contributed by atoms with E-state index in [0.29, 0.717) is 5.56 Å². The molecule has 1 aromatic heterocycles. The molecule has 4 nitrogen and oxygen atoms in total. The second-order valence-corrected chi connectivity index (χ2v) is 4.28. The number of hydrogen-bond donors (Lipinski definition) is 0. The Morgan fingerprint density at radius 3 is 2.75 bits per heavy atom. The SMILES string of the molecule is Cn1c(=O)n(C2CC2)c2c(C=O)cccc21. The number of nitrogens with zero attached hydrogens (tertiary/aromatic N) is 2. The van der Waals surface area contributed by atoms with Gasteiger partial charge in [0.05, 0.1) is 11.0 Å². The summed E-state index contributed by atoms with van der Waals surface area (Å²) >= 11 is 0. The second-order valence-electron chi connectivity index (χ2n) is 4.28. The van der Waals surface area contributed by atoms with E-state index in [4.69, 9.17) is 0 Å². The minimum absolute atomic E-state index is 0.0215. The lowest BCUT2D eigenvalue weighted by atomic mass is 10.2. The number of aldehydes is 1. The summed E-state index contributed by atoms with van der Waals surface area (Å²) in [5.41, 5.74) is 2.20. The van der Waals surface area contributed by atoms with Crippen LogP contribution in [-0.2, 0) is 7.05 Å². The van der Waals surface area contributed by atoms with Crippen LogP contribution in [0.4, 0.5) is 0 Å². The summed E-state index contributed by atoms with van der Waals surface area (Å²) in [7, 11) is 1.75. The molecule has 1 saturated carbocycles. The molecule has 0 bridgehead atoms. The van der Waals surface area contributed by atoms with Gasteiger partial charge in [-0.1, -0.05) is 6.07 Å². The maximum absolute atomic E-state index is 12.0. The van der Waals surface area contributed by atoms with Gasteiger partial charge in [-0.15, -0.1) is 0 Å². The van der Waals surface area contributed by atoms with E-state index < -0.39 is 0 Å². The van der Waals surface area contributed by atoms with Crippen molar-refractivity contribution in [2.45, 2.75) is 18.9 Å². The molecule has 0 N–H and O–H groups in total. The minimum atomic E-state index is -0.0215. The molecule has 0 saturated heterocycles. The van der Waals surface area contributed by atoms with E-state index in [0.717, 1.165) is 30.2 Å². The van der Waals surface area contributed by atoms with Gasteiger partial charge in [0.1, 0.15) is 0 Å². The Balaban J connectivity index is 2.50. The minimum Gasteiger partial charge on any atom is -0.298 e. The Kier molecular flexibility index (Phi) is 1.80. The molecular weight excluding hydrogens is 204 g/mol. The highest BCUT2D eigenvalue weighted by Gasteiger charge is 2.29. The summed E-state index contributed by atoms with van der Waals surface area (Å²) in [5, 5.41) is 0. The summed E-state index contributed by atoms with van der Waals surface area (Å²) in [6.07, 6.45) is 2.89. The van der Waals surface area contributed by atoms with Crippen LogP contribution in [0.15, 0.2) is 23.0 Å². The summed E-state index contributed by atoms with van der Waals surface area (Å²) in [5.74, 6) is 0. The van der Waals surface area contributed by atoms with Crippen LogP contribution in [0, 0.1) is 0 Å². The van der Waals surface area contributed by atoms with Gasteiger partial charge in [-0.3, -0.25) is 13.9 Å². The second kappa shape index (κ2) is 3.07. The molecule has 1 aliphatic carbocycles. The van der Waals surface area contributed by atoms with Gasteiger partial charge < -0.3 is 0 Å². The van der Waals surface area contributed by atoms with Crippen molar-refractivity contribution in [3.63, 3.8) is 0 Å². The average molecular weight is 216 g/mol. The van der Waals surface area contributed by atoms with Crippen molar-refractivity contribution in [2.24, 2.45) is 7.05 Å². The molecule has 1 fully saturated rings. The van der Waals surface area contributed by atoms with Gasteiger partial charge >= 0.3 is 5.69 Å². The number of carbonyl (C=O) groups is 1. The smallest absolute Gasteiger partial charge is 0.298 e. The van der Waals surface area contributed by atoms with E-state index in [1.165, 1.54) is 0 Å². The first-order valence-electron chi connectivity index (χ1n) is 5.39. The molecular formula is C12H12N2O2. The van der Waals surface area contributed by atoms with Crippen LogP contribution in [0.1, 0.15) is 29.2 Å². The van der Waals surface area contributed by atoms with Crippen molar-refractivity contribution in [1.29, 1.82) is 0 Å². The maximum atomic E-state index is 12.0. The van der Waals surface area contributed by atoms with Crippen molar-refractivity contribution in [3.05, 3.63) is 34.2 Å². The fourth-order valence-corrected chi connectivity index (χ4v) is 2.21. The maximum Gasteiger partial charge on any atom is 0.329 e. The first-order chi connectivity index (χ1) is 7.74. The lowest BCUT2D eigenvalue weighted by Crippen LogP contribution is -2.21. The van der Waals surface area contributed by atoms with E-state index in [2.05, 4.69) is 0 Å². The van der Waals surface area contributed by atoms with Gasteiger partial charge in [-0.25, -0.2) is 4.79 Å². The highest BCUT2D eigenvalue weighted by molar-refractivity contribution is 5.94. The number of para-hydroxylation sites is 1. The first-order valence-corrected chi connectivity index (χ1v) is 5.39. The molecule has 1 aliphatic rings. The van der Waals surface area contributed by atoms with Crippen LogP contribution >= 0.6 is 0 Å². The number of hydrogen-bond acceptors (Lipinski definition) is 2. The average Bonchev–Trinajstić information content (AvgIpc) is 3.09. The molecule has 0 spiro atoms. The van der Waals surface area contributed by atoms with Crippen LogP contribution in [0.3, 0.4) is 0 Å². The molecule has 0 unspecified atom stereocenters. The number of rotatable bonds is 2. The van der Waals surface area contributed by atoms with E-state index in [1.54, 1.807) is 22.2 Å². The van der Waals surface area contributed by atoms with Crippen molar-refractivity contribution in [3.8, 4) is 0 Å². The van der Waals surface area contributed by atoms with E-state index in [-0.39, 0.29) is 11.7 Å². The number of imidazole rings is 1. The quantitative estimate of drug-likeness (QED) is 0.714. The predicted octanol–water partition coefficient (Wildman–Crippen LogP) is 1.49. The van der Waals surface area contributed by atoms with E-state index in [1.807, 2.05) is 12.1 Å². The van der Waals surface area contributed by atoms with E-state index in [9.17, 15) is 9.59 Å². The van der Waals surface area contributed by atoms with Crippen LogP contribution in [0.5, 0.6) is 0 Å². The third-order valence-corrected chi connectivity index (χ3v) is 3.18. The largest absolute Gasteiger partial charge is 0.329 e. The lowest BCUT2D eigenvalue weighted by Gasteiger charge is -2.01. The summed E-state index contributed by atoms with van der Waals surface area (Å²) in [6, 6.07) is 5.73. The fraction of sp³-hybridized carbons (Fsp3) is 0.333. The molecule has 0 aliphatic heterocycles. The molecule has 16 heavy (non-hydrogen) atoms. The molecule has 1 aromatic carbocycles. The highest BCUT2D eigenvalue weighted by Crippen LogP contribution is 2.36. The zero-order valence-corrected chi connectivity index (χ0v) is 9.01. The Morgan fingerprint density at radius 1 is 1.38 bits per heavy atom. The molecule has 2 aromatic rings. The number of benzene rings is 1. The zero-order chi connectivity index (χ0) is 11.3. The van der Waals surface area contributed by atoms with Gasteiger partial charge in [-0.05, 0) is 25.0 Å². The Morgan fingerprint density at radius 2 is 2.12 bits per heavy atom. The van der Waals surface area contributed by atoms with Crippen LogP contribution in [0.25, 0.3) is 11.0 Å². The molecule has 0 atom stereocenters. The van der Waals surface area contributed by atoms with Crippen LogP contribution in [0.2, 0.25) is 0 Å². The fourth-order valence-electron chi connectivity index (χ4n) is 2.21. The van der Waals surface area contributed by atoms with Gasteiger partial charge in [0.15, 0.2) is 6.29 Å². The number of aromatic nitrogens is 2. The molecule has 3 rings (SSSR count). The monoisotopic (exact) mass is 216 g/mol. The third kappa shape index (κ3) is 1.10. The third-order valence-electron chi connectivity index (χ3n) is 3.18.